The standard InChI is InChI=1S/C13H16N4O2.C11H13N5O/c1-5-19-13(18)12-10(7-15-17(12)4)11-8(2)6-14-9(3)16-11;1-6-4-13-7(2)15-9(6)8-5-14-16(3)10(8)11(12)17/h6-7H,5H2,1-4H3;4-5H,1-3H3,(H2,12,17). The predicted molar refractivity (Wildman–Crippen MR) is 132 cm³/mol. The molecule has 0 fully saturated rings. The summed E-state index contributed by atoms with van der Waals surface area (Å²) in [5, 5.41) is 8.16. The summed E-state index contributed by atoms with van der Waals surface area (Å²) in [6.07, 6.45) is 6.67. The molecule has 36 heavy (non-hydrogen) atoms. The molecule has 4 aromatic rings. The van der Waals surface area contributed by atoms with Crippen molar-refractivity contribution < 1.29 is 14.3 Å². The Hall–Kier alpha value is -4.48. The number of aromatic nitrogens is 8. The fourth-order valence-electron chi connectivity index (χ4n) is 3.56. The minimum atomic E-state index is -0.518. The van der Waals surface area contributed by atoms with Crippen LogP contribution in [0.15, 0.2) is 24.8 Å². The van der Waals surface area contributed by atoms with E-state index in [4.69, 9.17) is 10.5 Å². The van der Waals surface area contributed by atoms with Crippen molar-refractivity contribution in [1.82, 2.24) is 39.5 Å². The maximum absolute atomic E-state index is 12.0. The van der Waals surface area contributed by atoms with Crippen LogP contribution >= 0.6 is 0 Å². The van der Waals surface area contributed by atoms with Crippen molar-refractivity contribution in [2.75, 3.05) is 6.61 Å². The Kier molecular flexibility index (Phi) is 7.87. The summed E-state index contributed by atoms with van der Waals surface area (Å²) in [6.45, 7) is 9.48. The Labute approximate surface area is 208 Å². The highest BCUT2D eigenvalue weighted by Gasteiger charge is 2.21. The topological polar surface area (TPSA) is 157 Å². The van der Waals surface area contributed by atoms with Crippen LogP contribution in [-0.4, -0.2) is 58.0 Å². The SMILES string of the molecule is CCOC(=O)c1c(-c2nc(C)ncc2C)cnn1C.Cc1ncc(C)c(-c2cnn(C)c2C(N)=O)n1. The number of carbonyl (C=O) groups excluding carboxylic acids is 2. The molecule has 1 amide bonds. The van der Waals surface area contributed by atoms with Crippen LogP contribution in [0.4, 0.5) is 0 Å². The lowest BCUT2D eigenvalue weighted by atomic mass is 10.1. The van der Waals surface area contributed by atoms with Crippen molar-refractivity contribution in [2.24, 2.45) is 19.8 Å². The van der Waals surface area contributed by atoms with Crippen molar-refractivity contribution in [2.45, 2.75) is 34.6 Å². The summed E-state index contributed by atoms with van der Waals surface area (Å²) < 4.78 is 8.01. The Morgan fingerprint density at radius 2 is 1.25 bits per heavy atom. The van der Waals surface area contributed by atoms with E-state index in [1.807, 2.05) is 20.8 Å². The lowest BCUT2D eigenvalue weighted by Crippen LogP contribution is -2.17. The average molecular weight is 492 g/mol. The zero-order valence-corrected chi connectivity index (χ0v) is 21.4. The number of primary amides is 1. The van der Waals surface area contributed by atoms with Gasteiger partial charge in [-0.1, -0.05) is 0 Å². The third kappa shape index (κ3) is 5.43. The first-order valence-electron chi connectivity index (χ1n) is 11.2. The first-order chi connectivity index (χ1) is 17.0. The molecule has 0 spiro atoms. The van der Waals surface area contributed by atoms with Gasteiger partial charge >= 0.3 is 5.97 Å². The summed E-state index contributed by atoms with van der Waals surface area (Å²) in [5.41, 5.74) is 10.6. The van der Waals surface area contributed by atoms with Crippen molar-refractivity contribution in [3.8, 4) is 22.5 Å². The van der Waals surface area contributed by atoms with Crippen LogP contribution in [0, 0.1) is 27.7 Å². The summed E-state index contributed by atoms with van der Waals surface area (Å²) in [5.74, 6) is 0.382. The van der Waals surface area contributed by atoms with Crippen LogP contribution in [-0.2, 0) is 18.8 Å². The number of amides is 1. The van der Waals surface area contributed by atoms with Crippen molar-refractivity contribution in [3.05, 3.63) is 59.0 Å². The van der Waals surface area contributed by atoms with Crippen molar-refractivity contribution in [3.63, 3.8) is 0 Å². The molecule has 188 valence electrons. The van der Waals surface area contributed by atoms with E-state index >= 15 is 0 Å². The first-order valence-corrected chi connectivity index (χ1v) is 11.2. The van der Waals surface area contributed by atoms with Crippen LogP contribution in [0.5, 0.6) is 0 Å². The second-order valence-electron chi connectivity index (χ2n) is 8.04. The van der Waals surface area contributed by atoms with Gasteiger partial charge in [0.2, 0.25) is 0 Å². The summed E-state index contributed by atoms with van der Waals surface area (Å²) in [7, 11) is 3.38. The van der Waals surface area contributed by atoms with Gasteiger partial charge in [-0.05, 0) is 45.7 Å². The largest absolute Gasteiger partial charge is 0.461 e. The van der Waals surface area contributed by atoms with Crippen LogP contribution in [0.1, 0.15) is 50.7 Å². The van der Waals surface area contributed by atoms with E-state index in [1.54, 1.807) is 52.7 Å². The van der Waals surface area contributed by atoms with E-state index in [1.165, 1.54) is 9.36 Å². The number of hydrogen-bond donors (Lipinski definition) is 1. The van der Waals surface area contributed by atoms with Gasteiger partial charge in [0.1, 0.15) is 17.3 Å². The molecule has 0 saturated heterocycles. The number of nitrogens with two attached hydrogens (primary N) is 1. The molecule has 2 N–H and O–H groups in total. The molecule has 4 aromatic heterocycles. The van der Waals surface area contributed by atoms with E-state index in [2.05, 4.69) is 30.1 Å². The number of aryl methyl sites for hydroxylation is 6. The zero-order chi connectivity index (χ0) is 26.6. The van der Waals surface area contributed by atoms with Gasteiger partial charge in [0.15, 0.2) is 5.69 Å². The zero-order valence-electron chi connectivity index (χ0n) is 21.4. The smallest absolute Gasteiger partial charge is 0.357 e. The van der Waals surface area contributed by atoms with E-state index < -0.39 is 11.9 Å². The van der Waals surface area contributed by atoms with Gasteiger partial charge < -0.3 is 10.5 Å². The van der Waals surface area contributed by atoms with E-state index in [-0.39, 0.29) is 0 Å². The van der Waals surface area contributed by atoms with E-state index in [0.29, 0.717) is 52.2 Å². The highest BCUT2D eigenvalue weighted by atomic mass is 16.5. The maximum atomic E-state index is 12.0. The van der Waals surface area contributed by atoms with Gasteiger partial charge in [0.25, 0.3) is 5.91 Å². The molecule has 12 nitrogen and oxygen atoms in total. The van der Waals surface area contributed by atoms with E-state index in [9.17, 15) is 9.59 Å². The quantitative estimate of drug-likeness (QED) is 0.413. The molecule has 4 rings (SSSR count). The summed E-state index contributed by atoms with van der Waals surface area (Å²) >= 11 is 0. The number of hydrogen-bond acceptors (Lipinski definition) is 9. The highest BCUT2D eigenvalue weighted by molar-refractivity contribution is 5.98. The Morgan fingerprint density at radius 1 is 0.806 bits per heavy atom. The minimum Gasteiger partial charge on any atom is -0.461 e. The van der Waals surface area contributed by atoms with Crippen molar-refractivity contribution >= 4 is 11.9 Å². The van der Waals surface area contributed by atoms with Gasteiger partial charge in [0, 0.05) is 26.5 Å². The number of nitrogens with zero attached hydrogens (tertiary/aromatic N) is 8. The number of rotatable bonds is 5. The molecule has 0 aliphatic heterocycles. The highest BCUT2D eigenvalue weighted by Crippen LogP contribution is 2.25. The summed E-state index contributed by atoms with van der Waals surface area (Å²) in [6, 6.07) is 0. The Bertz CT molecular complexity index is 1420. The third-order valence-corrected chi connectivity index (χ3v) is 5.27. The van der Waals surface area contributed by atoms with Crippen LogP contribution in [0.3, 0.4) is 0 Å². The van der Waals surface area contributed by atoms with Gasteiger partial charge in [-0.15, -0.1) is 0 Å². The summed E-state index contributed by atoms with van der Waals surface area (Å²) in [4.78, 5) is 40.3. The Morgan fingerprint density at radius 3 is 1.69 bits per heavy atom. The predicted octanol–water partition coefficient (Wildman–Crippen LogP) is 2.26. The Balaban J connectivity index is 0.000000202. The molecule has 0 radical (unpaired) electrons. The molecule has 12 heteroatoms. The molecule has 0 aliphatic rings. The maximum Gasteiger partial charge on any atom is 0.357 e. The molecule has 0 aromatic carbocycles. The molecular weight excluding hydrogens is 462 g/mol. The number of carbonyl (C=O) groups is 2. The fraction of sp³-hybridized carbons (Fsp3) is 0.333. The van der Waals surface area contributed by atoms with Crippen LogP contribution in [0.2, 0.25) is 0 Å². The van der Waals surface area contributed by atoms with Crippen LogP contribution in [0.25, 0.3) is 22.5 Å². The third-order valence-electron chi connectivity index (χ3n) is 5.27. The fourth-order valence-corrected chi connectivity index (χ4v) is 3.56. The van der Waals surface area contributed by atoms with Crippen LogP contribution < -0.4 is 5.73 Å². The minimum absolute atomic E-state index is 0.325. The molecule has 0 aliphatic carbocycles. The average Bonchev–Trinajstić information content (AvgIpc) is 3.40. The molecule has 0 bridgehead atoms. The molecular formula is C24H29N9O3. The van der Waals surface area contributed by atoms with Gasteiger partial charge in [-0.2, -0.15) is 10.2 Å². The van der Waals surface area contributed by atoms with Gasteiger partial charge in [-0.3, -0.25) is 14.2 Å². The van der Waals surface area contributed by atoms with Crippen molar-refractivity contribution in [1.29, 1.82) is 0 Å². The lowest BCUT2D eigenvalue weighted by Gasteiger charge is -2.07. The molecule has 0 saturated carbocycles. The monoisotopic (exact) mass is 491 g/mol. The lowest BCUT2D eigenvalue weighted by molar-refractivity contribution is 0.0514. The molecule has 0 unspecified atom stereocenters. The number of esters is 1. The number of ether oxygens (including phenoxy) is 1. The normalized spacial score (nSPS) is 10.5. The molecule has 4 heterocycles. The second kappa shape index (κ2) is 10.8. The first kappa shape index (κ1) is 26.1. The van der Waals surface area contributed by atoms with Gasteiger partial charge in [0.05, 0.1) is 41.5 Å². The molecule has 0 atom stereocenters. The van der Waals surface area contributed by atoms with E-state index in [0.717, 1.165) is 11.1 Å². The second-order valence-corrected chi connectivity index (χ2v) is 8.04. The van der Waals surface area contributed by atoms with Gasteiger partial charge in [-0.25, -0.2) is 24.7 Å².